The Bertz CT molecular complexity index is 24.8. The minimum atomic E-state index is 0. The molecule has 26 valence electrons. The van der Waals surface area contributed by atoms with Gasteiger partial charge in [-0.15, -0.1) is 0 Å². The molecule has 0 saturated heterocycles. The molecule has 2 heteroatoms. The van der Waals surface area contributed by atoms with Gasteiger partial charge in [0, 0.05) is 6.42 Å². The molecule has 0 aliphatic carbocycles. The van der Waals surface area contributed by atoms with Crippen molar-refractivity contribution in [3.63, 3.8) is 0 Å². The van der Waals surface area contributed by atoms with Gasteiger partial charge in [0.15, 0.2) is 0 Å². The molecule has 0 atom stereocenters. The van der Waals surface area contributed by atoms with Crippen LogP contribution in [0.15, 0.2) is 0 Å². The molecule has 0 rings (SSSR count). The summed E-state index contributed by atoms with van der Waals surface area (Å²) in [6, 6.07) is 0. The molecule has 0 aromatic rings. The van der Waals surface area contributed by atoms with Crippen LogP contribution in [0.4, 0.5) is 0 Å². The number of rotatable bonds is 1. The minimum Gasteiger partial charge on any atom is -1.00 e. The zero-order valence-electron chi connectivity index (χ0n) is 4.69. The number of hydrogen-bond donors (Lipinski definition) is 0. The van der Waals surface area contributed by atoms with Crippen molar-refractivity contribution in [2.24, 2.45) is 0 Å². The Morgan fingerprint density at radius 2 is 2.20 bits per heavy atom. The van der Waals surface area contributed by atoms with Gasteiger partial charge in [-0.1, -0.05) is 6.92 Å². The second kappa shape index (κ2) is 9.08. The third kappa shape index (κ3) is 10.8. The summed E-state index contributed by atoms with van der Waals surface area (Å²) in [5.41, 5.74) is 0. The Kier molecular flexibility index (Phi) is 17.6. The maximum absolute atomic E-state index is 9.17. The van der Waals surface area contributed by atoms with Crippen LogP contribution in [0, 0.1) is 0 Å². The van der Waals surface area contributed by atoms with Crippen molar-refractivity contribution >= 4 is 6.29 Å². The SMILES string of the molecule is CCC=O.[H-].[Rb+]. The second-order valence-electron chi connectivity index (χ2n) is 0.575. The summed E-state index contributed by atoms with van der Waals surface area (Å²) in [7, 11) is 0. The predicted molar refractivity (Wildman–Crippen MR) is 17.5 cm³/mol. The Hall–Kier alpha value is 1.48. The summed E-state index contributed by atoms with van der Waals surface area (Å²) >= 11 is 0. The van der Waals surface area contributed by atoms with E-state index in [0.717, 1.165) is 6.29 Å². The van der Waals surface area contributed by atoms with Crippen molar-refractivity contribution in [1.29, 1.82) is 0 Å². The van der Waals surface area contributed by atoms with E-state index in [1.807, 2.05) is 6.92 Å². The average Bonchev–Trinajstić information content (AvgIpc) is 1.37. The third-order valence-electron chi connectivity index (χ3n) is 0.167. The molecule has 0 bridgehead atoms. The smallest absolute Gasteiger partial charge is 1.00 e. The molecular formula is C3H7ORb. The van der Waals surface area contributed by atoms with Gasteiger partial charge in [-0.2, -0.15) is 0 Å². The fourth-order valence-corrected chi connectivity index (χ4v) is 0. The van der Waals surface area contributed by atoms with E-state index in [9.17, 15) is 4.79 Å². The monoisotopic (exact) mass is 144 g/mol. The first-order valence-electron chi connectivity index (χ1n) is 1.35. The Labute approximate surface area is 82.4 Å². The molecule has 1 nitrogen and oxygen atoms in total. The van der Waals surface area contributed by atoms with E-state index < -0.39 is 0 Å². The van der Waals surface area contributed by atoms with Crippen LogP contribution in [0.1, 0.15) is 14.8 Å². The largest absolute Gasteiger partial charge is 1.00 e. The van der Waals surface area contributed by atoms with Gasteiger partial charge in [0.25, 0.3) is 0 Å². The first kappa shape index (κ1) is 9.69. The summed E-state index contributed by atoms with van der Waals surface area (Å²) in [6.45, 7) is 1.81. The maximum atomic E-state index is 9.17. The van der Waals surface area contributed by atoms with Gasteiger partial charge in [-0.25, -0.2) is 0 Å². The summed E-state index contributed by atoms with van der Waals surface area (Å²) in [5, 5.41) is 0. The van der Waals surface area contributed by atoms with Crippen molar-refractivity contribution in [1.82, 2.24) is 0 Å². The zero-order valence-corrected chi connectivity index (χ0v) is 8.61. The van der Waals surface area contributed by atoms with E-state index >= 15 is 0 Å². The van der Waals surface area contributed by atoms with Gasteiger partial charge < -0.3 is 6.22 Å². The van der Waals surface area contributed by atoms with Crippen molar-refractivity contribution in [3.05, 3.63) is 0 Å². The molecule has 0 unspecified atom stereocenters. The molecule has 0 aromatic carbocycles. The van der Waals surface area contributed by atoms with Crippen LogP contribution in [-0.4, -0.2) is 6.29 Å². The number of aldehydes is 1. The van der Waals surface area contributed by atoms with Crippen LogP contribution in [0.3, 0.4) is 0 Å². The predicted octanol–water partition coefficient (Wildman–Crippen LogP) is -2.29. The fraction of sp³-hybridized carbons (Fsp3) is 0.667. The number of hydrogen-bond acceptors (Lipinski definition) is 1. The van der Waals surface area contributed by atoms with Gasteiger partial charge >= 0.3 is 58.2 Å². The van der Waals surface area contributed by atoms with Gasteiger partial charge in [-0.3, -0.25) is 0 Å². The molecule has 0 radical (unpaired) electrons. The van der Waals surface area contributed by atoms with E-state index in [4.69, 9.17) is 0 Å². The van der Waals surface area contributed by atoms with Crippen molar-refractivity contribution < 1.29 is 64.4 Å². The van der Waals surface area contributed by atoms with E-state index in [0.29, 0.717) is 6.42 Å². The van der Waals surface area contributed by atoms with Crippen molar-refractivity contribution in [2.75, 3.05) is 0 Å². The number of carbonyl (C=O) groups excluding carboxylic acids is 1. The Morgan fingerprint density at radius 1 is 2.00 bits per heavy atom. The first-order valence-corrected chi connectivity index (χ1v) is 1.35. The quantitative estimate of drug-likeness (QED) is 0.379. The van der Waals surface area contributed by atoms with E-state index in [1.165, 1.54) is 0 Å². The molecule has 0 amide bonds. The standard InChI is InChI=1S/C3H6O.Rb.H/c1-2-3-4;;/h3H,2H2,1H3;;/q;+1;-1. The Morgan fingerprint density at radius 3 is 2.20 bits per heavy atom. The van der Waals surface area contributed by atoms with Crippen LogP contribution in [-0.2, 0) is 4.79 Å². The minimum absolute atomic E-state index is 0. The number of carbonyl (C=O) groups is 1. The fourth-order valence-electron chi connectivity index (χ4n) is 0. The third-order valence-corrected chi connectivity index (χ3v) is 0.167. The molecule has 0 spiro atoms. The van der Waals surface area contributed by atoms with Gasteiger partial charge in [0.2, 0.25) is 0 Å². The van der Waals surface area contributed by atoms with Gasteiger partial charge in [0.1, 0.15) is 6.29 Å². The molecule has 0 aliphatic heterocycles. The van der Waals surface area contributed by atoms with Crippen LogP contribution >= 0.6 is 0 Å². The zero-order chi connectivity index (χ0) is 3.41. The normalized spacial score (nSPS) is 5.00. The molecule has 0 saturated carbocycles. The van der Waals surface area contributed by atoms with Crippen LogP contribution in [0.5, 0.6) is 0 Å². The molecule has 0 aliphatic rings. The van der Waals surface area contributed by atoms with Crippen molar-refractivity contribution in [2.45, 2.75) is 13.3 Å². The summed E-state index contributed by atoms with van der Waals surface area (Å²) in [6.07, 6.45) is 1.51. The molecule has 0 heterocycles. The second-order valence-corrected chi connectivity index (χ2v) is 0.575. The summed E-state index contributed by atoms with van der Waals surface area (Å²) in [4.78, 5) is 9.17. The van der Waals surface area contributed by atoms with Crippen LogP contribution in [0.2, 0.25) is 0 Å². The van der Waals surface area contributed by atoms with Gasteiger partial charge in [0.05, 0.1) is 0 Å². The first-order chi connectivity index (χ1) is 1.91. The van der Waals surface area contributed by atoms with E-state index in [-0.39, 0.29) is 59.6 Å². The van der Waals surface area contributed by atoms with Crippen molar-refractivity contribution in [3.8, 4) is 0 Å². The summed E-state index contributed by atoms with van der Waals surface area (Å²) < 4.78 is 0. The van der Waals surface area contributed by atoms with Crippen LogP contribution in [0.25, 0.3) is 0 Å². The molecule has 5 heavy (non-hydrogen) atoms. The van der Waals surface area contributed by atoms with E-state index in [2.05, 4.69) is 0 Å². The molecule has 0 fully saturated rings. The van der Waals surface area contributed by atoms with E-state index in [1.54, 1.807) is 0 Å². The molecule has 0 aromatic heterocycles. The Balaban J connectivity index is -0.0000000450. The topological polar surface area (TPSA) is 17.1 Å². The molecule has 0 N–H and O–H groups in total. The average molecular weight is 145 g/mol. The summed E-state index contributed by atoms with van der Waals surface area (Å²) in [5.74, 6) is 0. The molecular weight excluding hydrogens is 138 g/mol. The van der Waals surface area contributed by atoms with Gasteiger partial charge in [-0.05, 0) is 0 Å². The van der Waals surface area contributed by atoms with Crippen LogP contribution < -0.4 is 58.2 Å². The maximum Gasteiger partial charge on any atom is 1.00 e.